The Balaban J connectivity index is 2.89. The molecule has 1 heterocycles. The van der Waals surface area contributed by atoms with Gasteiger partial charge in [0.15, 0.2) is 0 Å². The third kappa shape index (κ3) is 2.35. The minimum atomic E-state index is -0.496. The van der Waals surface area contributed by atoms with E-state index in [1.54, 1.807) is 6.20 Å². The molecule has 14 heavy (non-hydrogen) atoms. The summed E-state index contributed by atoms with van der Waals surface area (Å²) in [7, 11) is 0. The Hall–Kier alpha value is -0.830. The Labute approximate surface area is 85.8 Å². The van der Waals surface area contributed by atoms with Gasteiger partial charge in [0, 0.05) is 18.9 Å². The average Bonchev–Trinajstić information content (AvgIpc) is 2.50. The Bertz CT molecular complexity index is 286. The largest absolute Gasteiger partial charge is 0.385 e. The van der Waals surface area contributed by atoms with Crippen molar-refractivity contribution in [1.82, 2.24) is 9.55 Å². The molecule has 0 amide bonds. The van der Waals surface area contributed by atoms with E-state index in [0.29, 0.717) is 0 Å². The van der Waals surface area contributed by atoms with Gasteiger partial charge in [-0.25, -0.2) is 4.98 Å². The van der Waals surface area contributed by atoms with Crippen LogP contribution in [0.15, 0.2) is 12.4 Å². The maximum Gasteiger partial charge on any atom is 0.138 e. The SMILES string of the molecule is CCCn1ccnc1C(O)C(C)(C)C. The summed E-state index contributed by atoms with van der Waals surface area (Å²) >= 11 is 0. The first-order chi connectivity index (χ1) is 6.46. The van der Waals surface area contributed by atoms with Gasteiger partial charge in [0.05, 0.1) is 0 Å². The van der Waals surface area contributed by atoms with Crippen LogP contribution in [0.25, 0.3) is 0 Å². The molecule has 1 aromatic heterocycles. The van der Waals surface area contributed by atoms with Crippen molar-refractivity contribution in [2.24, 2.45) is 5.41 Å². The standard InChI is InChI=1S/C11H20N2O/c1-5-7-13-8-6-12-10(13)9(14)11(2,3)4/h6,8-9,14H,5,7H2,1-4H3. The Morgan fingerprint density at radius 2 is 2.14 bits per heavy atom. The van der Waals surface area contributed by atoms with E-state index in [9.17, 15) is 5.11 Å². The molecular formula is C11H20N2O. The number of nitrogens with zero attached hydrogens (tertiary/aromatic N) is 2. The fourth-order valence-electron chi connectivity index (χ4n) is 1.39. The highest BCUT2D eigenvalue weighted by atomic mass is 16.3. The van der Waals surface area contributed by atoms with E-state index in [1.165, 1.54) is 0 Å². The molecule has 0 aliphatic rings. The summed E-state index contributed by atoms with van der Waals surface area (Å²) in [4.78, 5) is 4.21. The molecular weight excluding hydrogens is 176 g/mol. The third-order valence-electron chi connectivity index (χ3n) is 2.28. The monoisotopic (exact) mass is 196 g/mol. The van der Waals surface area contributed by atoms with Crippen LogP contribution in [0.4, 0.5) is 0 Å². The van der Waals surface area contributed by atoms with Crippen molar-refractivity contribution in [3.8, 4) is 0 Å². The van der Waals surface area contributed by atoms with Crippen LogP contribution in [-0.2, 0) is 6.54 Å². The van der Waals surface area contributed by atoms with E-state index in [1.807, 2.05) is 31.5 Å². The first-order valence-electron chi connectivity index (χ1n) is 5.16. The fraction of sp³-hybridized carbons (Fsp3) is 0.727. The number of hydrogen-bond acceptors (Lipinski definition) is 2. The number of hydrogen-bond donors (Lipinski definition) is 1. The first kappa shape index (κ1) is 11.2. The Kier molecular flexibility index (Phi) is 3.32. The van der Waals surface area contributed by atoms with Gasteiger partial charge in [0.2, 0.25) is 0 Å². The van der Waals surface area contributed by atoms with Gasteiger partial charge in [0.1, 0.15) is 11.9 Å². The summed E-state index contributed by atoms with van der Waals surface area (Å²) in [5.74, 6) is 0.777. The molecule has 0 aromatic carbocycles. The second kappa shape index (κ2) is 4.13. The number of aromatic nitrogens is 2. The minimum Gasteiger partial charge on any atom is -0.385 e. The van der Waals surface area contributed by atoms with Gasteiger partial charge in [-0.05, 0) is 11.8 Å². The summed E-state index contributed by atoms with van der Waals surface area (Å²) in [5, 5.41) is 10.1. The number of aliphatic hydroxyl groups excluding tert-OH is 1. The zero-order valence-electron chi connectivity index (χ0n) is 9.49. The molecule has 1 unspecified atom stereocenters. The number of aliphatic hydroxyl groups is 1. The fourth-order valence-corrected chi connectivity index (χ4v) is 1.39. The van der Waals surface area contributed by atoms with Crippen molar-refractivity contribution in [2.45, 2.75) is 46.8 Å². The van der Waals surface area contributed by atoms with Gasteiger partial charge in [-0.3, -0.25) is 0 Å². The summed E-state index contributed by atoms with van der Waals surface area (Å²) in [6.07, 6.45) is 4.23. The Morgan fingerprint density at radius 3 is 2.64 bits per heavy atom. The third-order valence-corrected chi connectivity index (χ3v) is 2.28. The van der Waals surface area contributed by atoms with Crippen LogP contribution in [0, 0.1) is 5.41 Å². The molecule has 3 heteroatoms. The maximum atomic E-state index is 10.1. The molecule has 0 radical (unpaired) electrons. The predicted octanol–water partition coefficient (Wildman–Crippen LogP) is 2.37. The highest BCUT2D eigenvalue weighted by Gasteiger charge is 2.27. The highest BCUT2D eigenvalue weighted by molar-refractivity contribution is 5.00. The van der Waals surface area contributed by atoms with Gasteiger partial charge in [-0.1, -0.05) is 27.7 Å². The molecule has 0 saturated heterocycles. The summed E-state index contributed by atoms with van der Waals surface area (Å²) in [5.41, 5.74) is -0.156. The second-order valence-corrected chi connectivity index (χ2v) is 4.75. The quantitative estimate of drug-likeness (QED) is 0.806. The van der Waals surface area contributed by atoms with Crippen LogP contribution in [-0.4, -0.2) is 14.7 Å². The lowest BCUT2D eigenvalue weighted by molar-refractivity contribution is 0.0516. The minimum absolute atomic E-state index is 0.156. The summed E-state index contributed by atoms with van der Waals surface area (Å²) in [6.45, 7) is 9.09. The molecule has 1 atom stereocenters. The van der Waals surface area contributed by atoms with Gasteiger partial charge >= 0.3 is 0 Å². The van der Waals surface area contributed by atoms with Crippen LogP contribution in [0.5, 0.6) is 0 Å². The van der Waals surface area contributed by atoms with Crippen molar-refractivity contribution in [3.05, 3.63) is 18.2 Å². The van der Waals surface area contributed by atoms with Crippen LogP contribution in [0.2, 0.25) is 0 Å². The summed E-state index contributed by atoms with van der Waals surface area (Å²) < 4.78 is 2.02. The van der Waals surface area contributed by atoms with Gasteiger partial charge in [0.25, 0.3) is 0 Å². The van der Waals surface area contributed by atoms with Crippen LogP contribution in [0.3, 0.4) is 0 Å². The highest BCUT2D eigenvalue weighted by Crippen LogP contribution is 2.31. The first-order valence-corrected chi connectivity index (χ1v) is 5.16. The van der Waals surface area contributed by atoms with Crippen molar-refractivity contribution in [2.75, 3.05) is 0 Å². The van der Waals surface area contributed by atoms with E-state index in [0.717, 1.165) is 18.8 Å². The van der Waals surface area contributed by atoms with E-state index < -0.39 is 6.10 Å². The van der Waals surface area contributed by atoms with Crippen molar-refractivity contribution in [1.29, 1.82) is 0 Å². The molecule has 0 spiro atoms. The number of imidazole rings is 1. The van der Waals surface area contributed by atoms with Gasteiger partial charge in [-0.2, -0.15) is 0 Å². The molecule has 3 nitrogen and oxygen atoms in total. The van der Waals surface area contributed by atoms with E-state index in [2.05, 4.69) is 11.9 Å². The van der Waals surface area contributed by atoms with Crippen LogP contribution >= 0.6 is 0 Å². The maximum absolute atomic E-state index is 10.1. The smallest absolute Gasteiger partial charge is 0.138 e. The lowest BCUT2D eigenvalue weighted by Crippen LogP contribution is -2.21. The molecule has 0 bridgehead atoms. The van der Waals surface area contributed by atoms with Crippen molar-refractivity contribution < 1.29 is 5.11 Å². The van der Waals surface area contributed by atoms with E-state index >= 15 is 0 Å². The normalized spacial score (nSPS) is 14.4. The zero-order chi connectivity index (χ0) is 10.8. The van der Waals surface area contributed by atoms with Gasteiger partial charge in [-0.15, -0.1) is 0 Å². The number of rotatable bonds is 3. The van der Waals surface area contributed by atoms with Gasteiger partial charge < -0.3 is 9.67 Å². The van der Waals surface area contributed by atoms with Crippen molar-refractivity contribution in [3.63, 3.8) is 0 Å². The predicted molar refractivity (Wildman–Crippen MR) is 56.9 cm³/mol. The lowest BCUT2D eigenvalue weighted by atomic mass is 9.88. The molecule has 1 rings (SSSR count). The second-order valence-electron chi connectivity index (χ2n) is 4.75. The number of aryl methyl sites for hydroxylation is 1. The zero-order valence-corrected chi connectivity index (χ0v) is 9.49. The molecule has 0 aliphatic heterocycles. The molecule has 1 aromatic rings. The van der Waals surface area contributed by atoms with Crippen LogP contribution in [0.1, 0.15) is 46.0 Å². The average molecular weight is 196 g/mol. The van der Waals surface area contributed by atoms with E-state index in [-0.39, 0.29) is 5.41 Å². The lowest BCUT2D eigenvalue weighted by Gasteiger charge is -2.25. The summed E-state index contributed by atoms with van der Waals surface area (Å²) in [6, 6.07) is 0. The molecule has 0 saturated carbocycles. The molecule has 80 valence electrons. The molecule has 1 N–H and O–H groups in total. The Morgan fingerprint density at radius 1 is 1.50 bits per heavy atom. The molecule has 0 fully saturated rings. The molecule has 0 aliphatic carbocycles. The van der Waals surface area contributed by atoms with Crippen LogP contribution < -0.4 is 0 Å². The van der Waals surface area contributed by atoms with Crippen molar-refractivity contribution >= 4 is 0 Å². The van der Waals surface area contributed by atoms with E-state index in [4.69, 9.17) is 0 Å². The topological polar surface area (TPSA) is 38.0 Å².